The molecule has 6 heteroatoms. The number of pyridine rings is 1. The van der Waals surface area contributed by atoms with Gasteiger partial charge >= 0.3 is 0 Å². The molecule has 0 aliphatic carbocycles. The van der Waals surface area contributed by atoms with E-state index in [0.717, 1.165) is 71.7 Å². The third-order valence-corrected chi connectivity index (χ3v) is 6.04. The number of benzene rings is 1. The zero-order valence-electron chi connectivity index (χ0n) is 19.0. The Kier molecular flexibility index (Phi) is 6.78. The van der Waals surface area contributed by atoms with E-state index in [2.05, 4.69) is 16.9 Å². The summed E-state index contributed by atoms with van der Waals surface area (Å²) in [4.78, 5) is 29.1. The van der Waals surface area contributed by atoms with Gasteiger partial charge in [-0.2, -0.15) is 0 Å². The summed E-state index contributed by atoms with van der Waals surface area (Å²) in [6, 6.07) is 9.85. The van der Waals surface area contributed by atoms with Crippen LogP contribution in [0.5, 0.6) is 5.75 Å². The van der Waals surface area contributed by atoms with Gasteiger partial charge in [-0.1, -0.05) is 19.1 Å². The van der Waals surface area contributed by atoms with E-state index >= 15 is 0 Å². The minimum absolute atomic E-state index is 0.0383. The number of aromatic nitrogens is 3. The van der Waals surface area contributed by atoms with Crippen LogP contribution in [0.25, 0.3) is 11.1 Å². The van der Waals surface area contributed by atoms with Gasteiger partial charge < -0.3 is 9.64 Å². The normalized spacial score (nSPS) is 15.7. The minimum Gasteiger partial charge on any atom is -0.496 e. The van der Waals surface area contributed by atoms with Gasteiger partial charge in [-0.25, -0.2) is 9.97 Å². The van der Waals surface area contributed by atoms with E-state index in [-0.39, 0.29) is 11.9 Å². The lowest BCUT2D eigenvalue weighted by Crippen LogP contribution is -2.32. The van der Waals surface area contributed by atoms with Crippen LogP contribution in [0, 0.1) is 6.92 Å². The Balaban J connectivity index is 1.64. The van der Waals surface area contributed by atoms with Crippen molar-refractivity contribution in [2.45, 2.75) is 52.0 Å². The maximum atomic E-state index is 13.4. The van der Waals surface area contributed by atoms with Crippen LogP contribution in [0.1, 0.15) is 54.9 Å². The van der Waals surface area contributed by atoms with Crippen molar-refractivity contribution >= 4 is 5.91 Å². The van der Waals surface area contributed by atoms with Crippen LogP contribution in [0.2, 0.25) is 0 Å². The summed E-state index contributed by atoms with van der Waals surface area (Å²) in [5, 5.41) is 0. The fourth-order valence-corrected chi connectivity index (χ4v) is 4.46. The number of hydrogen-bond acceptors (Lipinski definition) is 5. The summed E-state index contributed by atoms with van der Waals surface area (Å²) >= 11 is 0. The number of rotatable bonds is 7. The van der Waals surface area contributed by atoms with Gasteiger partial charge in [0.1, 0.15) is 11.6 Å². The number of ether oxygens (including phenoxy) is 1. The largest absolute Gasteiger partial charge is 0.496 e. The lowest BCUT2D eigenvalue weighted by molar-refractivity contribution is -0.131. The summed E-state index contributed by atoms with van der Waals surface area (Å²) in [7, 11) is 1.66. The molecule has 3 aromatic rings. The van der Waals surface area contributed by atoms with Crippen LogP contribution >= 0.6 is 0 Å². The molecule has 32 heavy (non-hydrogen) atoms. The van der Waals surface area contributed by atoms with Crippen molar-refractivity contribution in [2.75, 3.05) is 13.7 Å². The van der Waals surface area contributed by atoms with Crippen molar-refractivity contribution in [1.29, 1.82) is 0 Å². The fraction of sp³-hybridized carbons (Fsp3) is 0.385. The van der Waals surface area contributed by atoms with Crippen LogP contribution in [-0.2, 0) is 17.6 Å². The van der Waals surface area contributed by atoms with Gasteiger partial charge in [0.2, 0.25) is 5.91 Å². The monoisotopic (exact) mass is 430 g/mol. The topological polar surface area (TPSA) is 68.2 Å². The lowest BCUT2D eigenvalue weighted by atomic mass is 10.00. The van der Waals surface area contributed by atoms with Crippen LogP contribution in [-0.4, -0.2) is 39.4 Å². The summed E-state index contributed by atoms with van der Waals surface area (Å²) < 4.78 is 5.35. The molecule has 1 atom stereocenters. The van der Waals surface area contributed by atoms with Gasteiger partial charge in [-0.05, 0) is 61.1 Å². The van der Waals surface area contributed by atoms with E-state index in [1.807, 2.05) is 48.4 Å². The van der Waals surface area contributed by atoms with Crippen molar-refractivity contribution in [3.63, 3.8) is 0 Å². The highest BCUT2D eigenvalue weighted by molar-refractivity contribution is 5.80. The predicted octanol–water partition coefficient (Wildman–Crippen LogP) is 4.71. The molecule has 0 bridgehead atoms. The summed E-state index contributed by atoms with van der Waals surface area (Å²) in [6.07, 6.45) is 9.54. The van der Waals surface area contributed by atoms with Crippen molar-refractivity contribution in [1.82, 2.24) is 19.9 Å². The maximum absolute atomic E-state index is 13.4. The summed E-state index contributed by atoms with van der Waals surface area (Å²) in [5.41, 5.74) is 5.00. The van der Waals surface area contributed by atoms with Gasteiger partial charge in [0.25, 0.3) is 0 Å². The van der Waals surface area contributed by atoms with Crippen LogP contribution < -0.4 is 4.74 Å². The lowest BCUT2D eigenvalue weighted by Gasteiger charge is -2.26. The standard InChI is InChI=1S/C26H30N4O2/c1-4-6-24-28-17-21(20-10-12-27-13-11-20)26(29-24)22-7-5-14-30(22)25(31)16-19-8-9-23(32-3)18(2)15-19/h8-13,15,17,22H,4-7,14,16H2,1-3H3/t22-/m0/s1. The van der Waals surface area contributed by atoms with Gasteiger partial charge in [0.05, 0.1) is 25.3 Å². The van der Waals surface area contributed by atoms with Gasteiger partial charge in [-0.3, -0.25) is 9.78 Å². The van der Waals surface area contributed by atoms with Crippen LogP contribution in [0.4, 0.5) is 0 Å². The predicted molar refractivity (Wildman–Crippen MR) is 124 cm³/mol. The number of amides is 1. The Labute approximate surface area is 189 Å². The number of hydrogen-bond donors (Lipinski definition) is 0. The maximum Gasteiger partial charge on any atom is 0.227 e. The zero-order chi connectivity index (χ0) is 22.5. The molecular weight excluding hydrogens is 400 g/mol. The molecule has 2 aromatic heterocycles. The first-order valence-corrected chi connectivity index (χ1v) is 11.3. The highest BCUT2D eigenvalue weighted by Crippen LogP contribution is 2.37. The molecule has 1 aromatic carbocycles. The van der Waals surface area contributed by atoms with E-state index in [9.17, 15) is 4.79 Å². The van der Waals surface area contributed by atoms with Crippen molar-refractivity contribution < 1.29 is 9.53 Å². The average Bonchev–Trinajstić information content (AvgIpc) is 3.30. The molecule has 0 radical (unpaired) electrons. The number of methoxy groups -OCH3 is 1. The van der Waals surface area contributed by atoms with E-state index in [1.165, 1.54) is 0 Å². The molecule has 1 amide bonds. The molecule has 166 valence electrons. The second kappa shape index (κ2) is 9.90. The first-order valence-electron chi connectivity index (χ1n) is 11.3. The molecule has 1 fully saturated rings. The SMILES string of the molecule is CCCc1ncc(-c2ccncc2)c([C@@H]2CCCN2C(=O)Cc2ccc(OC)c(C)c2)n1. The minimum atomic E-state index is -0.0383. The highest BCUT2D eigenvalue weighted by Gasteiger charge is 2.33. The summed E-state index contributed by atoms with van der Waals surface area (Å²) in [5.74, 6) is 1.81. The second-order valence-corrected chi connectivity index (χ2v) is 8.30. The molecule has 3 heterocycles. The molecule has 1 aliphatic rings. The Hall–Kier alpha value is -3.28. The third kappa shape index (κ3) is 4.64. The Morgan fingerprint density at radius 2 is 2.03 bits per heavy atom. The molecule has 1 saturated heterocycles. The second-order valence-electron chi connectivity index (χ2n) is 8.30. The van der Waals surface area contributed by atoms with E-state index in [0.29, 0.717) is 6.42 Å². The van der Waals surface area contributed by atoms with Crippen LogP contribution in [0.15, 0.2) is 48.9 Å². The molecule has 6 nitrogen and oxygen atoms in total. The molecule has 4 rings (SSSR count). The quantitative estimate of drug-likeness (QED) is 0.543. The molecule has 0 unspecified atom stereocenters. The summed E-state index contributed by atoms with van der Waals surface area (Å²) in [6.45, 7) is 4.88. The molecule has 0 N–H and O–H groups in total. The van der Waals surface area contributed by atoms with E-state index < -0.39 is 0 Å². The number of aryl methyl sites for hydroxylation is 2. The number of likely N-dealkylation sites (tertiary alicyclic amines) is 1. The van der Waals surface area contributed by atoms with Gasteiger partial charge in [-0.15, -0.1) is 0 Å². The third-order valence-electron chi connectivity index (χ3n) is 6.04. The number of carbonyl (C=O) groups is 1. The van der Waals surface area contributed by atoms with E-state index in [1.54, 1.807) is 19.5 Å². The van der Waals surface area contributed by atoms with Crippen LogP contribution in [0.3, 0.4) is 0 Å². The first kappa shape index (κ1) is 21.9. The average molecular weight is 431 g/mol. The van der Waals surface area contributed by atoms with E-state index in [4.69, 9.17) is 9.72 Å². The van der Waals surface area contributed by atoms with Crippen molar-refractivity contribution in [3.8, 4) is 16.9 Å². The molecule has 0 saturated carbocycles. The molecule has 1 aliphatic heterocycles. The number of carbonyl (C=O) groups excluding carboxylic acids is 1. The highest BCUT2D eigenvalue weighted by atomic mass is 16.5. The Bertz CT molecular complexity index is 1080. The van der Waals surface area contributed by atoms with Crippen molar-refractivity contribution in [2.24, 2.45) is 0 Å². The Morgan fingerprint density at radius 1 is 1.22 bits per heavy atom. The van der Waals surface area contributed by atoms with Gasteiger partial charge in [0, 0.05) is 37.1 Å². The smallest absolute Gasteiger partial charge is 0.227 e. The molecular formula is C26H30N4O2. The zero-order valence-corrected chi connectivity index (χ0v) is 19.0. The Morgan fingerprint density at radius 3 is 2.75 bits per heavy atom. The molecule has 0 spiro atoms. The number of nitrogens with zero attached hydrogens (tertiary/aromatic N) is 4. The van der Waals surface area contributed by atoms with Gasteiger partial charge in [0.15, 0.2) is 0 Å². The fourth-order valence-electron chi connectivity index (χ4n) is 4.46. The first-order chi connectivity index (χ1) is 15.6. The van der Waals surface area contributed by atoms with Crippen molar-refractivity contribution in [3.05, 3.63) is 71.6 Å².